The van der Waals surface area contributed by atoms with Gasteiger partial charge in [0.1, 0.15) is 0 Å². The number of ether oxygens (including phenoxy) is 2. The smallest absolute Gasteiger partial charge is 0.305 e. The standard InChI is InChI=1S/C10H21NO5S/c1-3-16-10(12)6-4-7-11-17(13,14)9-5-8-15-2/h11H,3-9H2,1-2H3. The molecule has 0 amide bonds. The van der Waals surface area contributed by atoms with E-state index in [2.05, 4.69) is 4.72 Å². The number of rotatable bonds is 10. The lowest BCUT2D eigenvalue weighted by Gasteiger charge is -2.06. The summed E-state index contributed by atoms with van der Waals surface area (Å²) in [7, 11) is -1.72. The number of hydrogen-bond acceptors (Lipinski definition) is 5. The maximum absolute atomic E-state index is 11.4. The zero-order valence-electron chi connectivity index (χ0n) is 10.4. The van der Waals surface area contributed by atoms with E-state index >= 15 is 0 Å². The first kappa shape index (κ1) is 16.3. The summed E-state index contributed by atoms with van der Waals surface area (Å²) in [6.45, 7) is 2.76. The van der Waals surface area contributed by atoms with Crippen molar-refractivity contribution in [2.45, 2.75) is 26.2 Å². The van der Waals surface area contributed by atoms with Crippen molar-refractivity contribution in [3.05, 3.63) is 0 Å². The second-order valence-electron chi connectivity index (χ2n) is 3.47. The maximum atomic E-state index is 11.4. The molecule has 0 saturated heterocycles. The van der Waals surface area contributed by atoms with E-state index < -0.39 is 10.0 Å². The van der Waals surface area contributed by atoms with Crippen molar-refractivity contribution in [2.75, 3.05) is 32.6 Å². The molecule has 7 heteroatoms. The van der Waals surface area contributed by atoms with E-state index in [-0.39, 0.29) is 24.7 Å². The molecule has 102 valence electrons. The summed E-state index contributed by atoms with van der Waals surface area (Å²) in [5.41, 5.74) is 0. The fourth-order valence-corrected chi connectivity index (χ4v) is 2.26. The van der Waals surface area contributed by atoms with Crippen molar-refractivity contribution >= 4 is 16.0 Å². The summed E-state index contributed by atoms with van der Waals surface area (Å²) in [5.74, 6) is -0.258. The van der Waals surface area contributed by atoms with Gasteiger partial charge in [-0.15, -0.1) is 0 Å². The second-order valence-corrected chi connectivity index (χ2v) is 5.39. The van der Waals surface area contributed by atoms with E-state index in [0.29, 0.717) is 26.1 Å². The molecule has 0 aliphatic rings. The molecule has 0 aromatic heterocycles. The van der Waals surface area contributed by atoms with Crippen molar-refractivity contribution in [2.24, 2.45) is 0 Å². The lowest BCUT2D eigenvalue weighted by Crippen LogP contribution is -2.28. The Hall–Kier alpha value is -0.660. The molecule has 17 heavy (non-hydrogen) atoms. The van der Waals surface area contributed by atoms with Crippen molar-refractivity contribution in [1.82, 2.24) is 4.72 Å². The van der Waals surface area contributed by atoms with E-state index in [4.69, 9.17) is 9.47 Å². The highest BCUT2D eigenvalue weighted by atomic mass is 32.2. The minimum atomic E-state index is -3.25. The molecule has 0 spiro atoms. The molecular formula is C10H21NO5S. The van der Waals surface area contributed by atoms with Crippen LogP contribution in [0.25, 0.3) is 0 Å². The molecule has 0 aliphatic heterocycles. The van der Waals surface area contributed by atoms with Gasteiger partial charge in [-0.1, -0.05) is 0 Å². The van der Waals surface area contributed by atoms with E-state index in [0.717, 1.165) is 0 Å². The van der Waals surface area contributed by atoms with Crippen LogP contribution in [0.5, 0.6) is 0 Å². The van der Waals surface area contributed by atoms with Gasteiger partial charge in [0.25, 0.3) is 0 Å². The van der Waals surface area contributed by atoms with Gasteiger partial charge in [-0.2, -0.15) is 0 Å². The molecule has 0 rings (SSSR count). The highest BCUT2D eigenvalue weighted by molar-refractivity contribution is 7.89. The first-order valence-electron chi connectivity index (χ1n) is 5.63. The summed E-state index contributed by atoms with van der Waals surface area (Å²) in [6, 6.07) is 0. The Morgan fingerprint density at radius 3 is 2.59 bits per heavy atom. The van der Waals surface area contributed by atoms with Gasteiger partial charge >= 0.3 is 5.97 Å². The minimum Gasteiger partial charge on any atom is -0.466 e. The van der Waals surface area contributed by atoms with Crippen LogP contribution < -0.4 is 4.72 Å². The van der Waals surface area contributed by atoms with Gasteiger partial charge in [-0.25, -0.2) is 13.1 Å². The van der Waals surface area contributed by atoms with Crippen LogP contribution in [0.2, 0.25) is 0 Å². The molecule has 0 bridgehead atoms. The average molecular weight is 267 g/mol. The van der Waals surface area contributed by atoms with Crippen LogP contribution in [-0.4, -0.2) is 47.0 Å². The van der Waals surface area contributed by atoms with Crippen LogP contribution in [0.15, 0.2) is 0 Å². The summed E-state index contributed by atoms with van der Waals surface area (Å²) in [6.07, 6.45) is 1.14. The monoisotopic (exact) mass is 267 g/mol. The topological polar surface area (TPSA) is 81.7 Å². The highest BCUT2D eigenvalue weighted by Gasteiger charge is 2.09. The van der Waals surface area contributed by atoms with Crippen LogP contribution in [0.3, 0.4) is 0 Å². The number of sulfonamides is 1. The van der Waals surface area contributed by atoms with Crippen molar-refractivity contribution < 1.29 is 22.7 Å². The van der Waals surface area contributed by atoms with Gasteiger partial charge in [-0.05, 0) is 19.8 Å². The highest BCUT2D eigenvalue weighted by Crippen LogP contribution is 1.94. The van der Waals surface area contributed by atoms with Crippen LogP contribution in [-0.2, 0) is 24.3 Å². The van der Waals surface area contributed by atoms with E-state index in [1.165, 1.54) is 7.11 Å². The molecule has 0 aliphatic carbocycles. The quantitative estimate of drug-likeness (QED) is 0.454. The van der Waals surface area contributed by atoms with Gasteiger partial charge in [-0.3, -0.25) is 4.79 Å². The van der Waals surface area contributed by atoms with Crippen LogP contribution in [0, 0.1) is 0 Å². The number of carbonyl (C=O) groups is 1. The number of hydrogen-bond donors (Lipinski definition) is 1. The van der Waals surface area contributed by atoms with Gasteiger partial charge in [0.05, 0.1) is 12.4 Å². The van der Waals surface area contributed by atoms with Crippen molar-refractivity contribution in [3.63, 3.8) is 0 Å². The number of nitrogens with one attached hydrogen (secondary N) is 1. The zero-order chi connectivity index (χ0) is 13.1. The number of carbonyl (C=O) groups excluding carboxylic acids is 1. The summed E-state index contributed by atoms with van der Waals surface area (Å²) in [4.78, 5) is 11.0. The Morgan fingerprint density at radius 1 is 1.29 bits per heavy atom. The fourth-order valence-electron chi connectivity index (χ4n) is 1.16. The molecule has 6 nitrogen and oxygen atoms in total. The van der Waals surface area contributed by atoms with Crippen LogP contribution in [0.1, 0.15) is 26.2 Å². The molecular weight excluding hydrogens is 246 g/mol. The largest absolute Gasteiger partial charge is 0.466 e. The first-order chi connectivity index (χ1) is 8.02. The molecule has 0 saturated carbocycles. The lowest BCUT2D eigenvalue weighted by molar-refractivity contribution is -0.143. The third-order valence-electron chi connectivity index (χ3n) is 1.95. The average Bonchev–Trinajstić information content (AvgIpc) is 2.25. The van der Waals surface area contributed by atoms with Gasteiger partial charge < -0.3 is 9.47 Å². The molecule has 0 radical (unpaired) electrons. The number of methoxy groups -OCH3 is 1. The van der Waals surface area contributed by atoms with Crippen molar-refractivity contribution in [1.29, 1.82) is 0 Å². The third kappa shape index (κ3) is 10.2. The van der Waals surface area contributed by atoms with Crippen molar-refractivity contribution in [3.8, 4) is 0 Å². The van der Waals surface area contributed by atoms with Crippen LogP contribution >= 0.6 is 0 Å². The van der Waals surface area contributed by atoms with Gasteiger partial charge in [0.15, 0.2) is 0 Å². The van der Waals surface area contributed by atoms with E-state index in [9.17, 15) is 13.2 Å². The Labute approximate surface area is 103 Å². The summed E-state index contributed by atoms with van der Waals surface area (Å²) < 4.78 is 34.7. The summed E-state index contributed by atoms with van der Waals surface area (Å²) >= 11 is 0. The first-order valence-corrected chi connectivity index (χ1v) is 7.29. The molecule has 0 fully saturated rings. The van der Waals surface area contributed by atoms with Crippen LogP contribution in [0.4, 0.5) is 0 Å². The molecule has 0 aromatic carbocycles. The Bertz CT molecular complexity index is 302. The molecule has 0 heterocycles. The van der Waals surface area contributed by atoms with E-state index in [1.807, 2.05) is 0 Å². The molecule has 0 aromatic rings. The fraction of sp³-hybridized carbons (Fsp3) is 0.900. The normalized spacial score (nSPS) is 11.4. The maximum Gasteiger partial charge on any atom is 0.305 e. The molecule has 0 atom stereocenters. The second kappa shape index (κ2) is 9.38. The van der Waals surface area contributed by atoms with Gasteiger partial charge in [0, 0.05) is 26.7 Å². The molecule has 1 N–H and O–H groups in total. The minimum absolute atomic E-state index is 0.0419. The summed E-state index contributed by atoms with van der Waals surface area (Å²) in [5, 5.41) is 0. The predicted octanol–water partition coefficient (Wildman–Crippen LogP) is 0.286. The zero-order valence-corrected chi connectivity index (χ0v) is 11.2. The number of esters is 1. The lowest BCUT2D eigenvalue weighted by atomic mass is 10.3. The third-order valence-corrected chi connectivity index (χ3v) is 3.42. The Balaban J connectivity index is 3.62. The SMILES string of the molecule is CCOC(=O)CCCNS(=O)(=O)CCCOC. The predicted molar refractivity (Wildman–Crippen MR) is 64.1 cm³/mol. The molecule has 0 unspecified atom stereocenters. The Kier molecular flexibility index (Phi) is 9.01. The van der Waals surface area contributed by atoms with E-state index in [1.54, 1.807) is 6.92 Å². The Morgan fingerprint density at radius 2 is 2.00 bits per heavy atom. The van der Waals surface area contributed by atoms with Gasteiger partial charge in [0.2, 0.25) is 10.0 Å².